The van der Waals surface area contributed by atoms with E-state index in [2.05, 4.69) is 58.7 Å². The largest absolute Gasteiger partial charge is 0.371 e. The fourth-order valence-electron chi connectivity index (χ4n) is 4.28. The number of carbonyl (C=O) groups excluding carboxylic acids is 1. The lowest BCUT2D eigenvalue weighted by Gasteiger charge is -2.19. The van der Waals surface area contributed by atoms with Crippen molar-refractivity contribution >= 4 is 11.6 Å². The minimum absolute atomic E-state index is 0.152. The summed E-state index contributed by atoms with van der Waals surface area (Å²) < 4.78 is 0. The number of para-hydroxylation sites is 1. The highest BCUT2D eigenvalue weighted by molar-refractivity contribution is 5.78. The first-order valence-corrected chi connectivity index (χ1v) is 9.95. The smallest absolute Gasteiger partial charge is 0.224 e. The number of nitrogens with one attached hydrogen (secondary N) is 1. The lowest BCUT2D eigenvalue weighted by molar-refractivity contribution is -0.120. The van der Waals surface area contributed by atoms with Gasteiger partial charge in [0.05, 0.1) is 6.42 Å². The molecule has 1 aliphatic carbocycles. The Hall–Kier alpha value is -2.29. The summed E-state index contributed by atoms with van der Waals surface area (Å²) in [5.74, 6) is 0.696. The van der Waals surface area contributed by atoms with Crippen molar-refractivity contribution in [3.05, 3.63) is 65.2 Å². The molecule has 1 unspecified atom stereocenters. The lowest BCUT2D eigenvalue weighted by Crippen LogP contribution is -2.32. The molecule has 4 rings (SSSR count). The Kier molecular flexibility index (Phi) is 5.24. The van der Waals surface area contributed by atoms with Gasteiger partial charge < -0.3 is 10.2 Å². The zero-order chi connectivity index (χ0) is 17.8. The van der Waals surface area contributed by atoms with Crippen LogP contribution >= 0.6 is 0 Å². The molecule has 3 nitrogen and oxygen atoms in total. The van der Waals surface area contributed by atoms with Gasteiger partial charge in [-0.3, -0.25) is 4.79 Å². The van der Waals surface area contributed by atoms with Gasteiger partial charge in [-0.15, -0.1) is 0 Å². The molecule has 136 valence electrons. The Labute approximate surface area is 156 Å². The quantitative estimate of drug-likeness (QED) is 0.892. The van der Waals surface area contributed by atoms with Crippen LogP contribution in [0.3, 0.4) is 0 Å². The van der Waals surface area contributed by atoms with Crippen LogP contribution in [0.5, 0.6) is 0 Å². The van der Waals surface area contributed by atoms with Gasteiger partial charge in [-0.05, 0) is 66.8 Å². The van der Waals surface area contributed by atoms with Crippen molar-refractivity contribution in [1.82, 2.24) is 5.32 Å². The second-order valence-electron chi connectivity index (χ2n) is 7.73. The zero-order valence-electron chi connectivity index (χ0n) is 15.4. The highest BCUT2D eigenvalue weighted by atomic mass is 16.1. The third-order valence-electron chi connectivity index (χ3n) is 5.77. The lowest BCUT2D eigenvalue weighted by atomic mass is 9.90. The van der Waals surface area contributed by atoms with Crippen LogP contribution in [0, 0.1) is 5.92 Å². The molecule has 1 saturated heterocycles. The van der Waals surface area contributed by atoms with Crippen LogP contribution in [-0.2, 0) is 24.1 Å². The van der Waals surface area contributed by atoms with E-state index < -0.39 is 0 Å². The Morgan fingerprint density at radius 1 is 1.04 bits per heavy atom. The predicted octanol–water partition coefficient (Wildman–Crippen LogP) is 3.75. The highest BCUT2D eigenvalue weighted by Gasteiger charge is 2.23. The van der Waals surface area contributed by atoms with Crippen molar-refractivity contribution in [1.29, 1.82) is 0 Å². The van der Waals surface area contributed by atoms with Gasteiger partial charge in [0.25, 0.3) is 0 Å². The van der Waals surface area contributed by atoms with E-state index >= 15 is 0 Å². The Morgan fingerprint density at radius 3 is 2.69 bits per heavy atom. The third-order valence-corrected chi connectivity index (χ3v) is 5.77. The van der Waals surface area contributed by atoms with Crippen LogP contribution in [0.1, 0.15) is 36.0 Å². The summed E-state index contributed by atoms with van der Waals surface area (Å²) in [5, 5.41) is 3.16. The minimum atomic E-state index is 0.152. The SMILES string of the molecule is O=C(Cc1ccc2c(c1)CCCC2)NCC1CCN(c2ccccc2)C1. The van der Waals surface area contributed by atoms with Crippen molar-refractivity contribution in [2.75, 3.05) is 24.5 Å². The van der Waals surface area contributed by atoms with Crippen LogP contribution in [-0.4, -0.2) is 25.5 Å². The summed E-state index contributed by atoms with van der Waals surface area (Å²) >= 11 is 0. The fraction of sp³-hybridized carbons (Fsp3) is 0.435. The topological polar surface area (TPSA) is 32.3 Å². The van der Waals surface area contributed by atoms with Gasteiger partial charge in [-0.1, -0.05) is 36.4 Å². The van der Waals surface area contributed by atoms with Gasteiger partial charge in [0.1, 0.15) is 0 Å². The number of rotatable bonds is 5. The van der Waals surface area contributed by atoms with Crippen molar-refractivity contribution in [2.24, 2.45) is 5.92 Å². The molecule has 1 amide bonds. The summed E-state index contributed by atoms with van der Waals surface area (Å²) in [6.07, 6.45) is 6.59. The van der Waals surface area contributed by atoms with Crippen LogP contribution in [0.4, 0.5) is 5.69 Å². The minimum Gasteiger partial charge on any atom is -0.371 e. The van der Waals surface area contributed by atoms with E-state index in [-0.39, 0.29) is 5.91 Å². The molecule has 0 radical (unpaired) electrons. The average Bonchev–Trinajstić information content (AvgIpc) is 3.16. The monoisotopic (exact) mass is 348 g/mol. The van der Waals surface area contributed by atoms with E-state index in [0.29, 0.717) is 12.3 Å². The third kappa shape index (κ3) is 4.09. The molecule has 1 aliphatic heterocycles. The fourth-order valence-corrected chi connectivity index (χ4v) is 4.28. The first-order valence-electron chi connectivity index (χ1n) is 9.95. The Morgan fingerprint density at radius 2 is 1.85 bits per heavy atom. The van der Waals surface area contributed by atoms with Crippen LogP contribution in [0.15, 0.2) is 48.5 Å². The predicted molar refractivity (Wildman–Crippen MR) is 107 cm³/mol. The van der Waals surface area contributed by atoms with Crippen molar-refractivity contribution < 1.29 is 4.79 Å². The first kappa shape index (κ1) is 17.1. The normalized spacial score (nSPS) is 19.2. The number of benzene rings is 2. The van der Waals surface area contributed by atoms with Crippen molar-refractivity contribution in [3.8, 4) is 0 Å². The van der Waals surface area contributed by atoms with E-state index in [1.54, 1.807) is 0 Å². The van der Waals surface area contributed by atoms with E-state index in [0.717, 1.165) is 31.6 Å². The van der Waals surface area contributed by atoms with E-state index in [1.165, 1.54) is 42.5 Å². The molecule has 1 atom stereocenters. The van der Waals surface area contributed by atoms with Gasteiger partial charge in [-0.25, -0.2) is 0 Å². The van der Waals surface area contributed by atoms with Gasteiger partial charge >= 0.3 is 0 Å². The molecule has 2 aromatic rings. The van der Waals surface area contributed by atoms with E-state index in [4.69, 9.17) is 0 Å². The molecule has 0 spiro atoms. The molecular formula is C23H28N2O. The number of fused-ring (bicyclic) bond motifs is 1. The molecule has 1 fully saturated rings. The summed E-state index contributed by atoms with van der Waals surface area (Å²) in [6.45, 7) is 2.89. The van der Waals surface area contributed by atoms with Crippen LogP contribution in [0.2, 0.25) is 0 Å². The molecule has 1 N–H and O–H groups in total. The molecular weight excluding hydrogens is 320 g/mol. The van der Waals surface area contributed by atoms with Gasteiger partial charge in [0, 0.05) is 25.3 Å². The number of aryl methyl sites for hydroxylation is 2. The Balaban J connectivity index is 1.26. The number of anilines is 1. The molecule has 3 heteroatoms. The standard InChI is InChI=1S/C23H28N2O/c26-23(15-18-10-11-20-6-4-5-7-21(20)14-18)24-16-19-12-13-25(17-19)22-8-2-1-3-9-22/h1-3,8-11,14,19H,4-7,12-13,15-17H2,(H,24,26). The van der Waals surface area contributed by atoms with Gasteiger partial charge in [0.2, 0.25) is 5.91 Å². The molecule has 0 saturated carbocycles. The molecule has 1 heterocycles. The van der Waals surface area contributed by atoms with Crippen LogP contribution in [0.25, 0.3) is 0 Å². The zero-order valence-corrected chi connectivity index (χ0v) is 15.4. The molecule has 2 aromatic carbocycles. The number of amides is 1. The molecule has 2 aliphatic rings. The Bertz CT molecular complexity index is 756. The number of carbonyl (C=O) groups is 1. The number of nitrogens with zero attached hydrogens (tertiary/aromatic N) is 1. The highest BCUT2D eigenvalue weighted by Crippen LogP contribution is 2.24. The maximum atomic E-state index is 12.4. The molecule has 0 aromatic heterocycles. The van der Waals surface area contributed by atoms with Crippen molar-refractivity contribution in [3.63, 3.8) is 0 Å². The maximum Gasteiger partial charge on any atom is 0.224 e. The summed E-state index contributed by atoms with van der Waals surface area (Å²) in [7, 11) is 0. The summed E-state index contributed by atoms with van der Waals surface area (Å²) in [4.78, 5) is 14.8. The van der Waals surface area contributed by atoms with Crippen molar-refractivity contribution in [2.45, 2.75) is 38.5 Å². The second kappa shape index (κ2) is 7.94. The summed E-state index contributed by atoms with van der Waals surface area (Å²) in [5.41, 5.74) is 5.37. The first-order chi connectivity index (χ1) is 12.8. The van der Waals surface area contributed by atoms with Crippen LogP contribution < -0.4 is 10.2 Å². The average molecular weight is 348 g/mol. The van der Waals surface area contributed by atoms with E-state index in [9.17, 15) is 4.79 Å². The summed E-state index contributed by atoms with van der Waals surface area (Å²) in [6, 6.07) is 17.2. The molecule has 0 bridgehead atoms. The number of hydrogen-bond donors (Lipinski definition) is 1. The van der Waals surface area contributed by atoms with Gasteiger partial charge in [-0.2, -0.15) is 0 Å². The maximum absolute atomic E-state index is 12.4. The van der Waals surface area contributed by atoms with E-state index in [1.807, 2.05) is 0 Å². The van der Waals surface area contributed by atoms with Gasteiger partial charge in [0.15, 0.2) is 0 Å². The molecule has 26 heavy (non-hydrogen) atoms. The second-order valence-corrected chi connectivity index (χ2v) is 7.73. The number of hydrogen-bond acceptors (Lipinski definition) is 2.